The molecule has 3 aromatic rings. The van der Waals surface area contributed by atoms with Gasteiger partial charge < -0.3 is 14.6 Å². The lowest BCUT2D eigenvalue weighted by Crippen LogP contribution is -2.26. The molecule has 3 rings (SSSR count). The highest BCUT2D eigenvalue weighted by Crippen LogP contribution is 2.34. The summed E-state index contributed by atoms with van der Waals surface area (Å²) >= 11 is 1.35. The maximum atomic E-state index is 12.8. The van der Waals surface area contributed by atoms with Gasteiger partial charge in [0.25, 0.3) is 0 Å². The molecule has 0 aliphatic heterocycles. The lowest BCUT2D eigenvalue weighted by atomic mass is 10.0. The first kappa shape index (κ1) is 24.7. The molecular formula is C24H24F3NO4S. The minimum absolute atomic E-state index is 0.260. The van der Waals surface area contributed by atoms with E-state index < -0.39 is 23.8 Å². The van der Waals surface area contributed by atoms with Crippen LogP contribution in [-0.4, -0.2) is 28.8 Å². The molecule has 1 aromatic heterocycles. The summed E-state index contributed by atoms with van der Waals surface area (Å²) < 4.78 is 49.6. The SMILES string of the molecule is CCOC(Cc1ccc(OC(C)c2cnc(-c3ccc(C(F)(F)F)cc3)s2)cc1C)C(=O)O. The van der Waals surface area contributed by atoms with Crippen molar-refractivity contribution in [3.05, 3.63) is 70.2 Å². The van der Waals surface area contributed by atoms with Gasteiger partial charge in [0, 0.05) is 24.8 Å². The molecule has 0 spiro atoms. The fourth-order valence-corrected chi connectivity index (χ4v) is 4.16. The van der Waals surface area contributed by atoms with E-state index in [1.165, 1.54) is 23.5 Å². The molecule has 0 saturated heterocycles. The van der Waals surface area contributed by atoms with Crippen molar-refractivity contribution < 1.29 is 32.5 Å². The molecule has 0 aliphatic carbocycles. The third-order valence-corrected chi connectivity index (χ3v) is 6.27. The average molecular weight is 480 g/mol. The van der Waals surface area contributed by atoms with Gasteiger partial charge in [0.1, 0.15) is 16.9 Å². The number of carboxylic acids is 1. The molecule has 2 atom stereocenters. The number of carbonyl (C=O) groups is 1. The Hall–Kier alpha value is -2.91. The van der Waals surface area contributed by atoms with Gasteiger partial charge in [-0.05, 0) is 56.2 Å². The second kappa shape index (κ2) is 10.4. The van der Waals surface area contributed by atoms with Crippen molar-refractivity contribution in [2.24, 2.45) is 0 Å². The number of aryl methyl sites for hydroxylation is 1. The summed E-state index contributed by atoms with van der Waals surface area (Å²) in [7, 11) is 0. The monoisotopic (exact) mass is 479 g/mol. The molecule has 5 nitrogen and oxygen atoms in total. The number of nitrogens with zero attached hydrogens (tertiary/aromatic N) is 1. The van der Waals surface area contributed by atoms with Crippen LogP contribution in [0, 0.1) is 6.92 Å². The molecule has 33 heavy (non-hydrogen) atoms. The van der Waals surface area contributed by atoms with Gasteiger partial charge in [-0.2, -0.15) is 13.2 Å². The van der Waals surface area contributed by atoms with Crippen LogP contribution in [0.5, 0.6) is 5.75 Å². The van der Waals surface area contributed by atoms with Crippen LogP contribution in [0.25, 0.3) is 10.6 Å². The van der Waals surface area contributed by atoms with Crippen LogP contribution in [0.15, 0.2) is 48.7 Å². The predicted molar refractivity (Wildman–Crippen MR) is 120 cm³/mol. The van der Waals surface area contributed by atoms with Crippen LogP contribution < -0.4 is 4.74 Å². The van der Waals surface area contributed by atoms with Crippen molar-refractivity contribution in [2.75, 3.05) is 6.61 Å². The third kappa shape index (κ3) is 6.33. The van der Waals surface area contributed by atoms with E-state index in [2.05, 4.69) is 4.98 Å². The van der Waals surface area contributed by atoms with E-state index in [1.54, 1.807) is 19.2 Å². The number of rotatable bonds is 9. The fourth-order valence-electron chi connectivity index (χ4n) is 3.26. The fraction of sp³-hybridized carbons (Fsp3) is 0.333. The molecule has 9 heteroatoms. The highest BCUT2D eigenvalue weighted by atomic mass is 32.1. The zero-order valence-corrected chi connectivity index (χ0v) is 19.2. The van der Waals surface area contributed by atoms with Crippen molar-refractivity contribution in [3.8, 4) is 16.3 Å². The molecule has 1 N–H and O–H groups in total. The van der Waals surface area contributed by atoms with Crippen LogP contribution in [0.4, 0.5) is 13.2 Å². The van der Waals surface area contributed by atoms with Crippen LogP contribution in [0.1, 0.15) is 41.5 Å². The number of hydrogen-bond acceptors (Lipinski definition) is 5. The van der Waals surface area contributed by atoms with E-state index in [9.17, 15) is 23.1 Å². The topological polar surface area (TPSA) is 68.7 Å². The molecule has 2 unspecified atom stereocenters. The van der Waals surface area contributed by atoms with Gasteiger partial charge in [-0.15, -0.1) is 11.3 Å². The van der Waals surface area contributed by atoms with Crippen molar-refractivity contribution in [3.63, 3.8) is 0 Å². The Morgan fingerprint density at radius 1 is 1.18 bits per heavy atom. The summed E-state index contributed by atoms with van der Waals surface area (Å²) in [4.78, 5) is 16.5. The standard InChI is InChI=1S/C24H24F3NO4S/c1-4-31-20(23(29)30)12-17-7-10-19(11-14(17)2)32-15(3)21-13-28-22(33-21)16-5-8-18(9-6-16)24(25,26)27/h5-11,13,15,20H,4,12H2,1-3H3,(H,29,30). The summed E-state index contributed by atoms with van der Waals surface area (Å²) in [6.45, 7) is 5.82. The van der Waals surface area contributed by atoms with E-state index in [0.717, 1.165) is 28.1 Å². The van der Waals surface area contributed by atoms with E-state index in [-0.39, 0.29) is 12.5 Å². The number of thiazole rings is 1. The van der Waals surface area contributed by atoms with E-state index in [4.69, 9.17) is 9.47 Å². The molecule has 0 amide bonds. The molecule has 176 valence electrons. The van der Waals surface area contributed by atoms with Gasteiger partial charge in [-0.3, -0.25) is 0 Å². The highest BCUT2D eigenvalue weighted by molar-refractivity contribution is 7.15. The quantitative estimate of drug-likeness (QED) is 0.390. The molecule has 2 aromatic carbocycles. The summed E-state index contributed by atoms with van der Waals surface area (Å²) in [5, 5.41) is 9.89. The van der Waals surface area contributed by atoms with E-state index in [0.29, 0.717) is 22.9 Å². The lowest BCUT2D eigenvalue weighted by molar-refractivity contribution is -0.150. The Bertz CT molecular complexity index is 1100. The van der Waals surface area contributed by atoms with Gasteiger partial charge in [0.15, 0.2) is 6.10 Å². The molecule has 0 aliphatic rings. The zero-order valence-electron chi connectivity index (χ0n) is 18.3. The molecule has 0 radical (unpaired) electrons. The predicted octanol–water partition coefficient (Wildman–Crippen LogP) is 6.31. The van der Waals surface area contributed by atoms with Crippen molar-refractivity contribution >= 4 is 17.3 Å². The number of aromatic nitrogens is 1. The number of halogens is 3. The first-order valence-electron chi connectivity index (χ1n) is 10.3. The Kier molecular flexibility index (Phi) is 7.76. The number of benzene rings is 2. The summed E-state index contributed by atoms with van der Waals surface area (Å²) in [5.74, 6) is -0.379. The maximum Gasteiger partial charge on any atom is 0.416 e. The first-order chi connectivity index (χ1) is 15.6. The Balaban J connectivity index is 1.68. The van der Waals surface area contributed by atoms with Gasteiger partial charge >= 0.3 is 12.1 Å². The molecule has 0 bridgehead atoms. The highest BCUT2D eigenvalue weighted by Gasteiger charge is 2.30. The van der Waals surface area contributed by atoms with Crippen LogP contribution in [0.3, 0.4) is 0 Å². The van der Waals surface area contributed by atoms with Crippen molar-refractivity contribution in [1.82, 2.24) is 4.98 Å². The average Bonchev–Trinajstić information content (AvgIpc) is 3.25. The first-order valence-corrected chi connectivity index (χ1v) is 11.1. The normalized spacial score (nSPS) is 13.5. The van der Waals surface area contributed by atoms with Crippen LogP contribution >= 0.6 is 11.3 Å². The molecular weight excluding hydrogens is 455 g/mol. The smallest absolute Gasteiger partial charge is 0.416 e. The third-order valence-electron chi connectivity index (χ3n) is 5.06. The number of ether oxygens (including phenoxy) is 2. The Morgan fingerprint density at radius 2 is 1.88 bits per heavy atom. The largest absolute Gasteiger partial charge is 0.485 e. The van der Waals surface area contributed by atoms with Crippen molar-refractivity contribution in [2.45, 2.75) is 45.6 Å². The van der Waals surface area contributed by atoms with Gasteiger partial charge in [0.05, 0.1) is 10.4 Å². The van der Waals surface area contributed by atoms with E-state index >= 15 is 0 Å². The Labute approximate surface area is 193 Å². The summed E-state index contributed by atoms with van der Waals surface area (Å²) in [5.41, 5.74) is 1.65. The number of aliphatic carboxylic acids is 1. The Morgan fingerprint density at radius 3 is 2.45 bits per heavy atom. The molecule has 0 saturated carbocycles. The molecule has 0 fully saturated rings. The van der Waals surface area contributed by atoms with Gasteiger partial charge in [-0.25, -0.2) is 9.78 Å². The minimum Gasteiger partial charge on any atom is -0.485 e. The maximum absolute atomic E-state index is 12.8. The number of alkyl halides is 3. The zero-order chi connectivity index (χ0) is 24.2. The second-order valence-electron chi connectivity index (χ2n) is 7.48. The minimum atomic E-state index is -4.37. The number of carboxylic acid groups (broad SMARTS) is 1. The van der Waals surface area contributed by atoms with Gasteiger partial charge in [-0.1, -0.05) is 18.2 Å². The van der Waals surface area contributed by atoms with Crippen LogP contribution in [0.2, 0.25) is 0 Å². The summed E-state index contributed by atoms with van der Waals surface area (Å²) in [6.07, 6.45) is -3.69. The number of hydrogen-bond donors (Lipinski definition) is 1. The summed E-state index contributed by atoms with van der Waals surface area (Å²) in [6, 6.07) is 10.3. The molecule has 1 heterocycles. The second-order valence-corrected chi connectivity index (χ2v) is 8.54. The lowest BCUT2D eigenvalue weighted by Gasteiger charge is -2.17. The van der Waals surface area contributed by atoms with Gasteiger partial charge in [0.2, 0.25) is 0 Å². The van der Waals surface area contributed by atoms with Crippen LogP contribution in [-0.2, 0) is 22.1 Å². The van der Waals surface area contributed by atoms with Crippen molar-refractivity contribution in [1.29, 1.82) is 0 Å². The van der Waals surface area contributed by atoms with E-state index in [1.807, 2.05) is 26.0 Å².